The number of ether oxygens (including phenoxy) is 1. The molecule has 1 heterocycles. The number of aliphatic carboxylic acids is 1. The predicted octanol–water partition coefficient (Wildman–Crippen LogP) is -6.28. The minimum Gasteiger partial charge on any atom is -0.479 e. The molecule has 0 aromatic carbocycles. The largest absolute Gasteiger partial charge is 0.479 e. The number of carbonyl (C=O) groups is 1. The summed E-state index contributed by atoms with van der Waals surface area (Å²) in [4.78, 5) is 11.4. The molecule has 0 spiro atoms. The van der Waals surface area contributed by atoms with Crippen molar-refractivity contribution in [2.24, 2.45) is 0 Å². The summed E-state index contributed by atoms with van der Waals surface area (Å²) in [6, 6.07) is 0. The molecule has 1 aliphatic heterocycles. The number of rotatable bonds is 7. The van der Waals surface area contributed by atoms with Crippen molar-refractivity contribution in [1.29, 1.82) is 0 Å². The molecule has 1 aliphatic rings. The average molecular weight is 358 g/mol. The first-order chi connectivity index (χ1) is 11.0. The van der Waals surface area contributed by atoms with Gasteiger partial charge in [0.1, 0.15) is 48.8 Å². The highest BCUT2D eigenvalue weighted by atomic mass is 16.6. The number of carboxylic acids is 1. The van der Waals surface area contributed by atoms with Gasteiger partial charge in [-0.1, -0.05) is 0 Å². The second-order valence-electron chi connectivity index (χ2n) is 5.57. The molecule has 0 bridgehead atoms. The Morgan fingerprint density at radius 1 is 1.04 bits per heavy atom. The smallest absolute Gasteiger partial charge is 0.341 e. The summed E-state index contributed by atoms with van der Waals surface area (Å²) in [5.74, 6) is -2.19. The third-order valence-corrected chi connectivity index (χ3v) is 4.02. The molecule has 0 aromatic rings. The van der Waals surface area contributed by atoms with E-state index in [1.807, 2.05) is 0 Å². The van der Waals surface area contributed by atoms with Crippen LogP contribution in [0.3, 0.4) is 0 Å². The Morgan fingerprint density at radius 2 is 1.58 bits per heavy atom. The van der Waals surface area contributed by atoms with Crippen molar-refractivity contribution < 1.29 is 60.6 Å². The zero-order valence-electron chi connectivity index (χ0n) is 12.3. The van der Waals surface area contributed by atoms with Crippen LogP contribution in [-0.2, 0) is 9.53 Å². The average Bonchev–Trinajstić information content (AvgIpc) is 2.56. The van der Waals surface area contributed by atoms with Crippen LogP contribution in [0.4, 0.5) is 0 Å². The Hall–Kier alpha value is -0.930. The van der Waals surface area contributed by atoms with E-state index < -0.39 is 73.6 Å². The van der Waals surface area contributed by atoms with Crippen molar-refractivity contribution in [3.8, 4) is 0 Å². The fraction of sp³-hybridized carbons (Fsp3) is 0.917. The highest BCUT2D eigenvalue weighted by Gasteiger charge is 2.61. The van der Waals surface area contributed by atoms with Crippen LogP contribution in [-0.4, -0.2) is 125 Å². The van der Waals surface area contributed by atoms with Gasteiger partial charge in [-0.25, -0.2) is 4.79 Å². The molecular formula is C12H22O12. The van der Waals surface area contributed by atoms with Gasteiger partial charge in [0.2, 0.25) is 5.60 Å². The zero-order chi connectivity index (χ0) is 18.8. The van der Waals surface area contributed by atoms with E-state index in [9.17, 15) is 45.6 Å². The molecule has 9 atom stereocenters. The van der Waals surface area contributed by atoms with Crippen LogP contribution < -0.4 is 0 Å². The molecule has 0 saturated carbocycles. The monoisotopic (exact) mass is 358 g/mol. The summed E-state index contributed by atoms with van der Waals surface area (Å²) in [7, 11) is 0. The van der Waals surface area contributed by atoms with Crippen molar-refractivity contribution >= 4 is 5.97 Å². The summed E-state index contributed by atoms with van der Waals surface area (Å²) >= 11 is 0. The van der Waals surface area contributed by atoms with Gasteiger partial charge in [-0.2, -0.15) is 0 Å². The number of aliphatic hydroxyl groups excluding tert-OH is 8. The van der Waals surface area contributed by atoms with Crippen LogP contribution in [0.25, 0.3) is 0 Å². The van der Waals surface area contributed by atoms with E-state index in [0.717, 1.165) is 0 Å². The van der Waals surface area contributed by atoms with Crippen LogP contribution in [0.5, 0.6) is 0 Å². The van der Waals surface area contributed by atoms with Crippen molar-refractivity contribution in [1.82, 2.24) is 0 Å². The fourth-order valence-electron chi connectivity index (χ4n) is 2.46. The summed E-state index contributed by atoms with van der Waals surface area (Å²) < 4.78 is 4.89. The Bertz CT molecular complexity index is 430. The Kier molecular flexibility index (Phi) is 7.01. The first-order valence-electron chi connectivity index (χ1n) is 6.95. The lowest BCUT2D eigenvalue weighted by molar-refractivity contribution is -0.291. The number of carboxylic acid groups (broad SMARTS) is 1. The molecule has 1 fully saturated rings. The van der Waals surface area contributed by atoms with Gasteiger partial charge in [0.25, 0.3) is 0 Å². The van der Waals surface area contributed by atoms with E-state index in [1.54, 1.807) is 0 Å². The molecule has 0 aromatic heterocycles. The van der Waals surface area contributed by atoms with Gasteiger partial charge in [-0.3, -0.25) is 0 Å². The summed E-state index contributed by atoms with van der Waals surface area (Å²) in [6.07, 6.45) is -17.0. The second kappa shape index (κ2) is 7.97. The maximum absolute atomic E-state index is 11.4. The van der Waals surface area contributed by atoms with Crippen LogP contribution in [0, 0.1) is 0 Å². The highest BCUT2D eigenvalue weighted by molar-refractivity contribution is 5.79. The molecule has 1 saturated heterocycles. The van der Waals surface area contributed by atoms with Crippen LogP contribution in [0.2, 0.25) is 0 Å². The van der Waals surface area contributed by atoms with Gasteiger partial charge in [-0.05, 0) is 0 Å². The van der Waals surface area contributed by atoms with Gasteiger partial charge in [-0.15, -0.1) is 0 Å². The maximum Gasteiger partial charge on any atom is 0.341 e. The Labute approximate surface area is 135 Å². The lowest BCUT2D eigenvalue weighted by Gasteiger charge is -2.47. The topological polar surface area (TPSA) is 229 Å². The first kappa shape index (κ1) is 21.1. The number of aliphatic hydroxyl groups is 9. The lowest BCUT2D eigenvalue weighted by atomic mass is 9.79. The normalized spacial score (nSPS) is 37.3. The van der Waals surface area contributed by atoms with Crippen molar-refractivity contribution in [3.05, 3.63) is 0 Å². The Morgan fingerprint density at radius 3 is 2.00 bits per heavy atom. The minimum atomic E-state index is -3.45. The number of hydrogen-bond acceptors (Lipinski definition) is 11. The third kappa shape index (κ3) is 3.52. The predicted molar refractivity (Wildman–Crippen MR) is 71.5 cm³/mol. The first-order valence-corrected chi connectivity index (χ1v) is 6.95. The molecule has 0 radical (unpaired) electrons. The molecule has 1 unspecified atom stereocenters. The second-order valence-corrected chi connectivity index (χ2v) is 5.57. The van der Waals surface area contributed by atoms with E-state index in [4.69, 9.17) is 14.9 Å². The van der Waals surface area contributed by atoms with E-state index >= 15 is 0 Å². The third-order valence-electron chi connectivity index (χ3n) is 4.02. The standard InChI is InChI=1S/C12H22O12/c13-1-3(15)5(16)9(20)12(23,11(21)22)10-8(19)7(18)6(17)4(2-14)24-10/h3-10,13-20,23H,1-2H2,(H,21,22)/t3-,4-,5-,6+,7+,8-,9+,10?,12+/m1/s1. The maximum atomic E-state index is 11.4. The zero-order valence-corrected chi connectivity index (χ0v) is 12.3. The van der Waals surface area contributed by atoms with Crippen LogP contribution in [0.15, 0.2) is 0 Å². The fourth-order valence-corrected chi connectivity index (χ4v) is 2.46. The molecule has 12 heteroatoms. The summed E-state index contributed by atoms with van der Waals surface area (Å²) in [6.45, 7) is -2.00. The van der Waals surface area contributed by atoms with E-state index in [1.165, 1.54) is 0 Å². The van der Waals surface area contributed by atoms with E-state index in [-0.39, 0.29) is 0 Å². The van der Waals surface area contributed by atoms with Gasteiger partial charge >= 0.3 is 5.97 Å². The molecule has 1 rings (SSSR count). The van der Waals surface area contributed by atoms with Crippen molar-refractivity contribution in [2.75, 3.05) is 13.2 Å². The highest BCUT2D eigenvalue weighted by Crippen LogP contribution is 2.32. The van der Waals surface area contributed by atoms with E-state index in [0.29, 0.717) is 0 Å². The van der Waals surface area contributed by atoms with Gasteiger partial charge < -0.3 is 55.8 Å². The van der Waals surface area contributed by atoms with Crippen LogP contribution >= 0.6 is 0 Å². The minimum absolute atomic E-state index is 0.922. The van der Waals surface area contributed by atoms with Crippen molar-refractivity contribution in [3.63, 3.8) is 0 Å². The molecule has 142 valence electrons. The molecule has 0 amide bonds. The summed E-state index contributed by atoms with van der Waals surface area (Å²) in [5.41, 5.74) is -3.45. The SMILES string of the molecule is O=C(O)[C@@](O)(C1O[C@H](CO)[C@H](O)[C@H](O)[C@H]1O)[C@@H](O)[C@H](O)[C@H](O)CO. The lowest BCUT2D eigenvalue weighted by Crippen LogP contribution is -2.72. The van der Waals surface area contributed by atoms with Gasteiger partial charge in [0.15, 0.2) is 0 Å². The summed E-state index contributed by atoms with van der Waals surface area (Å²) in [5, 5.41) is 95.4. The number of hydrogen-bond donors (Lipinski definition) is 10. The molecule has 0 aliphatic carbocycles. The molecule has 12 nitrogen and oxygen atoms in total. The van der Waals surface area contributed by atoms with E-state index in [2.05, 4.69) is 0 Å². The molecule has 10 N–H and O–H groups in total. The quantitative estimate of drug-likeness (QED) is 0.205. The van der Waals surface area contributed by atoms with Gasteiger partial charge in [0.05, 0.1) is 13.2 Å². The Balaban J connectivity index is 3.24. The van der Waals surface area contributed by atoms with Crippen molar-refractivity contribution in [2.45, 2.75) is 54.4 Å². The van der Waals surface area contributed by atoms with Gasteiger partial charge in [0, 0.05) is 0 Å². The molecule has 24 heavy (non-hydrogen) atoms. The van der Waals surface area contributed by atoms with Crippen LogP contribution in [0.1, 0.15) is 0 Å². The molecular weight excluding hydrogens is 336 g/mol.